The van der Waals surface area contributed by atoms with Gasteiger partial charge in [-0.2, -0.15) is 0 Å². The zero-order chi connectivity index (χ0) is 10.9. The molecule has 0 radical (unpaired) electrons. The second-order valence-corrected chi connectivity index (χ2v) is 5.38. The molecule has 15 heavy (non-hydrogen) atoms. The van der Waals surface area contributed by atoms with Gasteiger partial charge < -0.3 is 11.1 Å². The quantitative estimate of drug-likeness (QED) is 0.882. The highest BCUT2D eigenvalue weighted by atomic mass is 79.9. The lowest BCUT2D eigenvalue weighted by Crippen LogP contribution is -2.24. The first-order chi connectivity index (χ1) is 7.15. The first-order valence-electron chi connectivity index (χ1n) is 5.35. The van der Waals surface area contributed by atoms with Crippen LogP contribution >= 0.6 is 15.9 Å². The number of nitrogens with one attached hydrogen (secondary N) is 1. The Morgan fingerprint density at radius 3 is 2.73 bits per heavy atom. The third-order valence-corrected chi connectivity index (χ3v) is 4.11. The van der Waals surface area contributed by atoms with E-state index in [0.29, 0.717) is 5.41 Å². The molecule has 0 aliphatic heterocycles. The van der Waals surface area contributed by atoms with Crippen molar-refractivity contribution in [1.82, 2.24) is 0 Å². The molecule has 1 aromatic rings. The molecule has 0 saturated heterocycles. The molecule has 2 rings (SSSR count). The maximum absolute atomic E-state index is 5.74. The Morgan fingerprint density at radius 2 is 2.20 bits per heavy atom. The van der Waals surface area contributed by atoms with Crippen LogP contribution in [0.3, 0.4) is 0 Å². The molecule has 0 heterocycles. The van der Waals surface area contributed by atoms with E-state index < -0.39 is 0 Å². The number of halogens is 1. The Labute approximate surface area is 99.4 Å². The van der Waals surface area contributed by atoms with E-state index in [-0.39, 0.29) is 0 Å². The van der Waals surface area contributed by atoms with Gasteiger partial charge in [0.2, 0.25) is 0 Å². The average Bonchev–Trinajstić information content (AvgIpc) is 3.01. The summed E-state index contributed by atoms with van der Waals surface area (Å²) >= 11 is 3.50. The molecule has 1 fully saturated rings. The van der Waals surface area contributed by atoms with Gasteiger partial charge in [-0.15, -0.1) is 0 Å². The predicted octanol–water partition coefficient (Wildman–Crippen LogP) is 2.91. The van der Waals surface area contributed by atoms with Gasteiger partial charge in [-0.05, 0) is 55.5 Å². The third kappa shape index (κ3) is 2.52. The summed E-state index contributed by atoms with van der Waals surface area (Å²) in [5.74, 6) is 0. The minimum atomic E-state index is 0.390. The summed E-state index contributed by atoms with van der Waals surface area (Å²) in [5, 5.41) is 3.47. The van der Waals surface area contributed by atoms with Gasteiger partial charge in [-0.1, -0.05) is 15.9 Å². The predicted molar refractivity (Wildman–Crippen MR) is 68.1 cm³/mol. The monoisotopic (exact) mass is 268 g/mol. The summed E-state index contributed by atoms with van der Waals surface area (Å²) in [4.78, 5) is 0. The van der Waals surface area contributed by atoms with Crippen molar-refractivity contribution in [1.29, 1.82) is 0 Å². The number of nitrogens with two attached hydrogens (primary N) is 1. The summed E-state index contributed by atoms with van der Waals surface area (Å²) in [6.07, 6.45) is 2.54. The van der Waals surface area contributed by atoms with Crippen LogP contribution in [-0.4, -0.2) is 13.1 Å². The van der Waals surface area contributed by atoms with Crippen LogP contribution in [0, 0.1) is 12.3 Å². The van der Waals surface area contributed by atoms with Crippen molar-refractivity contribution in [2.75, 3.05) is 18.4 Å². The standard InChI is InChI=1S/C12H17BrN2/c1-9-6-10(2-3-11(9)13)15-8-12(7-14)4-5-12/h2-3,6,15H,4-5,7-8,14H2,1H3. The van der Waals surface area contributed by atoms with Crippen molar-refractivity contribution in [3.05, 3.63) is 28.2 Å². The molecule has 0 spiro atoms. The van der Waals surface area contributed by atoms with Crippen LogP contribution in [0.2, 0.25) is 0 Å². The Balaban J connectivity index is 1.96. The zero-order valence-electron chi connectivity index (χ0n) is 9.02. The van der Waals surface area contributed by atoms with Crippen molar-refractivity contribution < 1.29 is 0 Å². The topological polar surface area (TPSA) is 38.0 Å². The molecule has 3 N–H and O–H groups in total. The Kier molecular flexibility index (Phi) is 3.03. The minimum Gasteiger partial charge on any atom is -0.384 e. The molecule has 2 nitrogen and oxygen atoms in total. The van der Waals surface area contributed by atoms with Gasteiger partial charge in [-0.3, -0.25) is 0 Å². The summed E-state index contributed by atoms with van der Waals surface area (Å²) in [6.45, 7) is 3.91. The smallest absolute Gasteiger partial charge is 0.0343 e. The molecule has 0 bridgehead atoms. The van der Waals surface area contributed by atoms with E-state index in [4.69, 9.17) is 5.73 Å². The van der Waals surface area contributed by atoms with E-state index >= 15 is 0 Å². The lowest BCUT2D eigenvalue weighted by Gasteiger charge is -2.14. The molecule has 1 aliphatic rings. The molecule has 0 unspecified atom stereocenters. The van der Waals surface area contributed by atoms with E-state index in [0.717, 1.165) is 17.6 Å². The van der Waals surface area contributed by atoms with Crippen molar-refractivity contribution in [2.45, 2.75) is 19.8 Å². The summed E-state index contributed by atoms with van der Waals surface area (Å²) in [6, 6.07) is 6.35. The van der Waals surface area contributed by atoms with Crippen LogP contribution in [-0.2, 0) is 0 Å². The molecule has 0 aromatic heterocycles. The maximum Gasteiger partial charge on any atom is 0.0343 e. The van der Waals surface area contributed by atoms with E-state index in [1.807, 2.05) is 0 Å². The highest BCUT2D eigenvalue weighted by Crippen LogP contribution is 2.44. The Hall–Kier alpha value is -0.540. The van der Waals surface area contributed by atoms with Crippen LogP contribution in [0.1, 0.15) is 18.4 Å². The van der Waals surface area contributed by atoms with Gasteiger partial charge >= 0.3 is 0 Å². The average molecular weight is 269 g/mol. The third-order valence-electron chi connectivity index (χ3n) is 3.22. The number of hydrogen-bond donors (Lipinski definition) is 2. The van der Waals surface area contributed by atoms with Crippen molar-refractivity contribution in [2.24, 2.45) is 11.1 Å². The first-order valence-corrected chi connectivity index (χ1v) is 6.15. The molecule has 82 valence electrons. The fraction of sp³-hybridized carbons (Fsp3) is 0.500. The zero-order valence-corrected chi connectivity index (χ0v) is 10.6. The molecule has 1 aromatic carbocycles. The number of rotatable bonds is 4. The van der Waals surface area contributed by atoms with E-state index in [1.54, 1.807) is 0 Å². The molecule has 1 aliphatic carbocycles. The summed E-state index contributed by atoms with van der Waals surface area (Å²) in [7, 11) is 0. The number of anilines is 1. The van der Waals surface area contributed by atoms with Gasteiger partial charge in [-0.25, -0.2) is 0 Å². The molecular weight excluding hydrogens is 252 g/mol. The van der Waals surface area contributed by atoms with Gasteiger partial charge in [0.15, 0.2) is 0 Å². The molecule has 1 saturated carbocycles. The number of aryl methyl sites for hydroxylation is 1. The largest absolute Gasteiger partial charge is 0.384 e. The number of hydrogen-bond acceptors (Lipinski definition) is 2. The van der Waals surface area contributed by atoms with Gasteiger partial charge in [0, 0.05) is 16.7 Å². The van der Waals surface area contributed by atoms with Gasteiger partial charge in [0.05, 0.1) is 0 Å². The van der Waals surface area contributed by atoms with Crippen LogP contribution in [0.25, 0.3) is 0 Å². The van der Waals surface area contributed by atoms with Crippen molar-refractivity contribution in [3.8, 4) is 0 Å². The van der Waals surface area contributed by atoms with Gasteiger partial charge in [0.25, 0.3) is 0 Å². The van der Waals surface area contributed by atoms with Crippen LogP contribution in [0.4, 0.5) is 5.69 Å². The number of benzene rings is 1. The molecule has 0 atom stereocenters. The summed E-state index contributed by atoms with van der Waals surface area (Å²) in [5.41, 5.74) is 8.58. The molecule has 3 heteroatoms. The molecule has 0 amide bonds. The van der Waals surface area contributed by atoms with Gasteiger partial charge in [0.1, 0.15) is 0 Å². The SMILES string of the molecule is Cc1cc(NCC2(CN)CC2)ccc1Br. The fourth-order valence-corrected chi connectivity index (χ4v) is 1.92. The minimum absolute atomic E-state index is 0.390. The normalized spacial score (nSPS) is 17.5. The lowest BCUT2D eigenvalue weighted by atomic mass is 10.1. The highest BCUT2D eigenvalue weighted by molar-refractivity contribution is 9.10. The molecular formula is C12H17BrN2. The highest BCUT2D eigenvalue weighted by Gasteiger charge is 2.40. The Bertz CT molecular complexity index is 359. The van der Waals surface area contributed by atoms with E-state index in [1.165, 1.54) is 24.1 Å². The maximum atomic E-state index is 5.74. The van der Waals surface area contributed by atoms with Crippen molar-refractivity contribution >= 4 is 21.6 Å². The van der Waals surface area contributed by atoms with E-state index in [9.17, 15) is 0 Å². The first kappa shape index (κ1) is 11.0. The Morgan fingerprint density at radius 1 is 1.47 bits per heavy atom. The van der Waals surface area contributed by atoms with Crippen LogP contribution in [0.5, 0.6) is 0 Å². The second-order valence-electron chi connectivity index (χ2n) is 4.52. The van der Waals surface area contributed by atoms with Crippen LogP contribution < -0.4 is 11.1 Å². The lowest BCUT2D eigenvalue weighted by molar-refractivity contribution is 0.556. The second kappa shape index (κ2) is 4.14. The van der Waals surface area contributed by atoms with Crippen molar-refractivity contribution in [3.63, 3.8) is 0 Å². The van der Waals surface area contributed by atoms with Crippen LogP contribution in [0.15, 0.2) is 22.7 Å². The van der Waals surface area contributed by atoms with E-state index in [2.05, 4.69) is 46.4 Å². The fourth-order valence-electron chi connectivity index (χ4n) is 1.67. The summed E-state index contributed by atoms with van der Waals surface area (Å²) < 4.78 is 1.16.